The number of pyridine rings is 1. The van der Waals surface area contributed by atoms with Crippen molar-refractivity contribution in [1.29, 1.82) is 0 Å². The van der Waals surface area contributed by atoms with Crippen molar-refractivity contribution in [3.63, 3.8) is 0 Å². The molecule has 0 aliphatic carbocycles. The average Bonchev–Trinajstić information content (AvgIpc) is 2.42. The first-order valence-corrected chi connectivity index (χ1v) is 6.43. The van der Waals surface area contributed by atoms with Crippen molar-refractivity contribution in [3.8, 4) is 0 Å². The lowest BCUT2D eigenvalue weighted by atomic mass is 9.92. The van der Waals surface area contributed by atoms with E-state index in [0.717, 1.165) is 6.42 Å². The van der Waals surface area contributed by atoms with Crippen LogP contribution in [0.25, 0.3) is 0 Å². The highest BCUT2D eigenvalue weighted by Crippen LogP contribution is 2.26. The van der Waals surface area contributed by atoms with Crippen molar-refractivity contribution in [2.24, 2.45) is 0 Å². The number of rotatable bonds is 4. The van der Waals surface area contributed by atoms with Gasteiger partial charge in [-0.2, -0.15) is 0 Å². The number of nitrogens with one attached hydrogen (secondary N) is 1. The van der Waals surface area contributed by atoms with Crippen LogP contribution in [0.15, 0.2) is 42.7 Å². The molecule has 2 rings (SSSR count). The lowest BCUT2D eigenvalue weighted by molar-refractivity contribution is 0.677. The van der Waals surface area contributed by atoms with Crippen LogP contribution in [-0.4, -0.2) is 12.0 Å². The summed E-state index contributed by atoms with van der Waals surface area (Å²) in [5.41, 5.74) is 5.26. The van der Waals surface area contributed by atoms with E-state index >= 15 is 0 Å². The Labute approximate surface area is 109 Å². The van der Waals surface area contributed by atoms with E-state index in [9.17, 15) is 0 Å². The SMILES string of the molecule is CCc1ccccc1C(NC)c1cnccc1C. The summed E-state index contributed by atoms with van der Waals surface area (Å²) in [4.78, 5) is 4.26. The number of aryl methyl sites for hydroxylation is 2. The zero-order valence-corrected chi connectivity index (χ0v) is 11.3. The second-order valence-corrected chi connectivity index (χ2v) is 4.51. The molecule has 2 aromatic rings. The second kappa shape index (κ2) is 5.78. The molecule has 0 fully saturated rings. The van der Waals surface area contributed by atoms with Crippen molar-refractivity contribution < 1.29 is 0 Å². The molecule has 0 saturated heterocycles. The van der Waals surface area contributed by atoms with Gasteiger partial charge in [0, 0.05) is 12.4 Å². The molecule has 94 valence electrons. The molecule has 1 aromatic carbocycles. The summed E-state index contributed by atoms with van der Waals surface area (Å²) in [6.07, 6.45) is 4.86. The summed E-state index contributed by atoms with van der Waals surface area (Å²) in [5.74, 6) is 0. The highest BCUT2D eigenvalue weighted by molar-refractivity contribution is 5.39. The van der Waals surface area contributed by atoms with Crippen LogP contribution in [0, 0.1) is 6.92 Å². The summed E-state index contributed by atoms with van der Waals surface area (Å²) in [5, 5.41) is 3.41. The van der Waals surface area contributed by atoms with E-state index in [2.05, 4.69) is 54.5 Å². The summed E-state index contributed by atoms with van der Waals surface area (Å²) < 4.78 is 0. The van der Waals surface area contributed by atoms with Gasteiger partial charge < -0.3 is 5.32 Å². The van der Waals surface area contributed by atoms with Gasteiger partial charge in [0.2, 0.25) is 0 Å². The minimum atomic E-state index is 0.217. The molecule has 18 heavy (non-hydrogen) atoms. The number of benzene rings is 1. The summed E-state index contributed by atoms with van der Waals surface area (Å²) in [6.45, 7) is 4.33. The summed E-state index contributed by atoms with van der Waals surface area (Å²) in [7, 11) is 2.00. The molecular weight excluding hydrogens is 220 g/mol. The molecular formula is C16H20N2. The summed E-state index contributed by atoms with van der Waals surface area (Å²) in [6, 6.07) is 10.9. The van der Waals surface area contributed by atoms with Crippen LogP contribution < -0.4 is 5.32 Å². The predicted octanol–water partition coefficient (Wildman–Crippen LogP) is 3.26. The van der Waals surface area contributed by atoms with Crippen LogP contribution in [0.1, 0.15) is 35.2 Å². The first kappa shape index (κ1) is 12.8. The van der Waals surface area contributed by atoms with Crippen LogP contribution in [0.2, 0.25) is 0 Å². The topological polar surface area (TPSA) is 24.9 Å². The van der Waals surface area contributed by atoms with Gasteiger partial charge in [-0.1, -0.05) is 31.2 Å². The van der Waals surface area contributed by atoms with E-state index in [-0.39, 0.29) is 6.04 Å². The molecule has 1 aromatic heterocycles. The van der Waals surface area contributed by atoms with Crippen molar-refractivity contribution in [2.45, 2.75) is 26.3 Å². The zero-order chi connectivity index (χ0) is 13.0. The molecule has 0 spiro atoms. The van der Waals surface area contributed by atoms with Gasteiger partial charge in [0.25, 0.3) is 0 Å². The monoisotopic (exact) mass is 240 g/mol. The normalized spacial score (nSPS) is 12.4. The van der Waals surface area contributed by atoms with Crippen molar-refractivity contribution in [2.75, 3.05) is 7.05 Å². The van der Waals surface area contributed by atoms with Gasteiger partial charge in [0.05, 0.1) is 6.04 Å². The Hall–Kier alpha value is -1.67. The van der Waals surface area contributed by atoms with E-state index in [1.807, 2.05) is 19.4 Å². The smallest absolute Gasteiger partial charge is 0.0594 e. The number of hydrogen-bond acceptors (Lipinski definition) is 2. The molecule has 1 atom stereocenters. The highest BCUT2D eigenvalue weighted by atomic mass is 14.9. The van der Waals surface area contributed by atoms with Gasteiger partial charge in [-0.05, 0) is 48.7 Å². The minimum Gasteiger partial charge on any atom is -0.309 e. The van der Waals surface area contributed by atoms with Gasteiger partial charge in [0.1, 0.15) is 0 Å². The maximum atomic E-state index is 4.26. The molecule has 1 N–H and O–H groups in total. The van der Waals surface area contributed by atoms with Crippen LogP contribution in [0.5, 0.6) is 0 Å². The number of hydrogen-bond donors (Lipinski definition) is 1. The van der Waals surface area contributed by atoms with Gasteiger partial charge >= 0.3 is 0 Å². The first-order chi connectivity index (χ1) is 8.77. The van der Waals surface area contributed by atoms with E-state index < -0.39 is 0 Å². The lowest BCUT2D eigenvalue weighted by Crippen LogP contribution is -2.20. The molecule has 0 radical (unpaired) electrons. The maximum Gasteiger partial charge on any atom is 0.0594 e. The minimum absolute atomic E-state index is 0.217. The van der Waals surface area contributed by atoms with Crippen molar-refractivity contribution >= 4 is 0 Å². The van der Waals surface area contributed by atoms with Gasteiger partial charge in [-0.15, -0.1) is 0 Å². The predicted molar refractivity (Wildman–Crippen MR) is 75.7 cm³/mol. The lowest BCUT2D eigenvalue weighted by Gasteiger charge is -2.21. The van der Waals surface area contributed by atoms with E-state index in [1.165, 1.54) is 22.3 Å². The molecule has 1 unspecified atom stereocenters. The summed E-state index contributed by atoms with van der Waals surface area (Å²) >= 11 is 0. The Morgan fingerprint density at radius 3 is 2.61 bits per heavy atom. The molecule has 0 saturated carbocycles. The fourth-order valence-corrected chi connectivity index (χ4v) is 2.39. The fourth-order valence-electron chi connectivity index (χ4n) is 2.39. The van der Waals surface area contributed by atoms with E-state index in [0.29, 0.717) is 0 Å². The maximum absolute atomic E-state index is 4.26. The molecule has 2 heteroatoms. The fraction of sp³-hybridized carbons (Fsp3) is 0.312. The quantitative estimate of drug-likeness (QED) is 0.887. The van der Waals surface area contributed by atoms with Crippen LogP contribution in [0.3, 0.4) is 0 Å². The van der Waals surface area contributed by atoms with Crippen LogP contribution in [0.4, 0.5) is 0 Å². The third-order valence-electron chi connectivity index (χ3n) is 3.43. The Kier molecular flexibility index (Phi) is 4.11. The molecule has 0 aliphatic rings. The highest BCUT2D eigenvalue weighted by Gasteiger charge is 2.16. The van der Waals surface area contributed by atoms with Gasteiger partial charge in [-0.25, -0.2) is 0 Å². The van der Waals surface area contributed by atoms with Crippen LogP contribution in [-0.2, 0) is 6.42 Å². The third kappa shape index (κ3) is 2.44. The van der Waals surface area contributed by atoms with E-state index in [4.69, 9.17) is 0 Å². The van der Waals surface area contributed by atoms with Crippen molar-refractivity contribution in [1.82, 2.24) is 10.3 Å². The van der Waals surface area contributed by atoms with Crippen molar-refractivity contribution in [3.05, 3.63) is 65.0 Å². The molecule has 0 bridgehead atoms. The van der Waals surface area contributed by atoms with E-state index in [1.54, 1.807) is 0 Å². The Morgan fingerprint density at radius 1 is 1.17 bits per heavy atom. The largest absolute Gasteiger partial charge is 0.309 e. The molecule has 0 aliphatic heterocycles. The molecule has 2 nitrogen and oxygen atoms in total. The van der Waals surface area contributed by atoms with Gasteiger partial charge in [-0.3, -0.25) is 4.98 Å². The Balaban J connectivity index is 2.49. The number of nitrogens with zero attached hydrogens (tertiary/aromatic N) is 1. The zero-order valence-electron chi connectivity index (χ0n) is 11.3. The standard InChI is InChI=1S/C16H20N2/c1-4-13-7-5-6-8-14(13)16(17-3)15-11-18-10-9-12(15)2/h5-11,16-17H,4H2,1-3H3. The first-order valence-electron chi connectivity index (χ1n) is 6.43. The average molecular weight is 240 g/mol. The Morgan fingerprint density at radius 2 is 1.94 bits per heavy atom. The van der Waals surface area contributed by atoms with Gasteiger partial charge in [0.15, 0.2) is 0 Å². The molecule has 0 amide bonds. The van der Waals surface area contributed by atoms with Crippen LogP contribution >= 0.6 is 0 Å². The number of aromatic nitrogens is 1. The third-order valence-corrected chi connectivity index (χ3v) is 3.43. The second-order valence-electron chi connectivity index (χ2n) is 4.51. The molecule has 1 heterocycles. The Bertz CT molecular complexity index is 520.